The summed E-state index contributed by atoms with van der Waals surface area (Å²) in [5.74, 6) is 1.24. The quantitative estimate of drug-likeness (QED) is 0.504. The molecule has 1 aliphatic heterocycles. The van der Waals surface area contributed by atoms with Crippen molar-refractivity contribution in [3.63, 3.8) is 0 Å². The molecule has 0 radical (unpaired) electrons. The van der Waals surface area contributed by atoms with Crippen LogP contribution in [0.5, 0.6) is 0 Å². The zero-order valence-electron chi connectivity index (χ0n) is 11.5. The van der Waals surface area contributed by atoms with Gasteiger partial charge < -0.3 is 5.73 Å². The second-order valence-corrected chi connectivity index (χ2v) is 6.35. The maximum atomic E-state index is 6.20. The lowest BCUT2D eigenvalue weighted by Crippen LogP contribution is -2.42. The minimum Gasteiger partial charge on any atom is -0.307 e. The van der Waals surface area contributed by atoms with E-state index in [4.69, 9.17) is 5.73 Å². The smallest absolute Gasteiger partial charge is 0.105 e. The Balaban J connectivity index is 1.90. The lowest BCUT2D eigenvalue weighted by molar-refractivity contribution is 0.216. The molecule has 0 amide bonds. The van der Waals surface area contributed by atoms with Crippen LogP contribution in [0.15, 0.2) is 0 Å². The monoisotopic (exact) mass is 258 g/mol. The van der Waals surface area contributed by atoms with Crippen LogP contribution in [0.1, 0.15) is 64.7 Å². The highest BCUT2D eigenvalue weighted by Gasteiger charge is 2.16. The highest BCUT2D eigenvalue weighted by molar-refractivity contribution is 7.99. The Bertz CT molecular complexity index is 170. The molecule has 0 bridgehead atoms. The number of hydrogen-bond donors (Lipinski definition) is 1. The number of thioether (sulfide) groups is 1. The fourth-order valence-electron chi connectivity index (χ4n) is 2.36. The summed E-state index contributed by atoms with van der Waals surface area (Å²) in [6.45, 7) is 4.70. The van der Waals surface area contributed by atoms with E-state index in [-0.39, 0.29) is 5.50 Å². The van der Waals surface area contributed by atoms with Gasteiger partial charge in [-0.2, -0.15) is 0 Å². The molecule has 3 heteroatoms. The second-order valence-electron chi connectivity index (χ2n) is 5.13. The SMILES string of the molecule is CCCCCCCCSC(N)N1CCCCC1. The van der Waals surface area contributed by atoms with Gasteiger partial charge in [0.2, 0.25) is 0 Å². The molecule has 17 heavy (non-hydrogen) atoms. The molecule has 1 saturated heterocycles. The number of likely N-dealkylation sites (tertiary alicyclic amines) is 1. The van der Waals surface area contributed by atoms with Gasteiger partial charge in [-0.3, -0.25) is 4.90 Å². The Kier molecular flexibility index (Phi) is 9.21. The topological polar surface area (TPSA) is 29.3 Å². The van der Waals surface area contributed by atoms with Crippen LogP contribution >= 0.6 is 11.8 Å². The summed E-state index contributed by atoms with van der Waals surface area (Å²) < 4.78 is 0. The molecule has 0 aliphatic carbocycles. The van der Waals surface area contributed by atoms with E-state index in [9.17, 15) is 0 Å². The normalized spacial score (nSPS) is 19.4. The Morgan fingerprint density at radius 1 is 1.00 bits per heavy atom. The Morgan fingerprint density at radius 2 is 1.65 bits per heavy atom. The maximum absolute atomic E-state index is 6.20. The molecule has 2 nitrogen and oxygen atoms in total. The number of nitrogens with zero attached hydrogens (tertiary/aromatic N) is 1. The van der Waals surface area contributed by atoms with Gasteiger partial charge in [0, 0.05) is 13.1 Å². The Hall–Kier alpha value is 0.270. The van der Waals surface area contributed by atoms with Crippen LogP contribution in [0.2, 0.25) is 0 Å². The molecular formula is C14H30N2S. The summed E-state index contributed by atoms with van der Waals surface area (Å²) >= 11 is 1.95. The minimum atomic E-state index is 0.256. The highest BCUT2D eigenvalue weighted by Crippen LogP contribution is 2.18. The van der Waals surface area contributed by atoms with Crippen LogP contribution in [0.25, 0.3) is 0 Å². The first-order valence-electron chi connectivity index (χ1n) is 7.46. The van der Waals surface area contributed by atoms with Crippen LogP contribution < -0.4 is 5.73 Å². The molecule has 1 heterocycles. The first-order chi connectivity index (χ1) is 8.34. The summed E-state index contributed by atoms with van der Waals surface area (Å²) in [7, 11) is 0. The van der Waals surface area contributed by atoms with Gasteiger partial charge in [0.25, 0.3) is 0 Å². The molecule has 102 valence electrons. The zero-order chi connectivity index (χ0) is 12.3. The van der Waals surface area contributed by atoms with Crippen molar-refractivity contribution < 1.29 is 0 Å². The third kappa shape index (κ3) is 7.32. The highest BCUT2D eigenvalue weighted by atomic mass is 32.2. The van der Waals surface area contributed by atoms with Crippen molar-refractivity contribution >= 4 is 11.8 Å². The van der Waals surface area contributed by atoms with Gasteiger partial charge in [-0.1, -0.05) is 45.4 Å². The summed E-state index contributed by atoms with van der Waals surface area (Å²) in [6.07, 6.45) is 12.4. The van der Waals surface area contributed by atoms with Gasteiger partial charge >= 0.3 is 0 Å². The molecule has 0 spiro atoms. The number of hydrogen-bond acceptors (Lipinski definition) is 3. The first-order valence-corrected chi connectivity index (χ1v) is 8.50. The van der Waals surface area contributed by atoms with Crippen LogP contribution in [0, 0.1) is 0 Å². The summed E-state index contributed by atoms with van der Waals surface area (Å²) in [4.78, 5) is 2.45. The molecule has 0 saturated carbocycles. The van der Waals surface area contributed by atoms with Crippen molar-refractivity contribution in [3.05, 3.63) is 0 Å². The zero-order valence-corrected chi connectivity index (χ0v) is 12.3. The fraction of sp³-hybridized carbons (Fsp3) is 1.00. The van der Waals surface area contributed by atoms with Crippen molar-refractivity contribution in [2.24, 2.45) is 5.73 Å². The van der Waals surface area contributed by atoms with Crippen molar-refractivity contribution in [3.8, 4) is 0 Å². The molecule has 1 fully saturated rings. The predicted octanol–water partition coefficient (Wildman–Crippen LogP) is 3.81. The fourth-order valence-corrected chi connectivity index (χ4v) is 3.40. The van der Waals surface area contributed by atoms with Crippen LogP contribution in [0.4, 0.5) is 0 Å². The largest absolute Gasteiger partial charge is 0.307 e. The van der Waals surface area contributed by atoms with Crippen molar-refractivity contribution in [2.45, 2.75) is 70.2 Å². The number of unbranched alkanes of at least 4 members (excludes halogenated alkanes) is 5. The van der Waals surface area contributed by atoms with E-state index in [1.807, 2.05) is 11.8 Å². The predicted molar refractivity (Wildman–Crippen MR) is 79.2 cm³/mol. The molecule has 0 aromatic rings. The number of nitrogens with two attached hydrogens (primary N) is 1. The summed E-state index contributed by atoms with van der Waals surface area (Å²) in [5, 5.41) is 0. The van der Waals surface area contributed by atoms with Gasteiger partial charge in [-0.15, -0.1) is 11.8 Å². The Labute approximate surface area is 112 Å². The van der Waals surface area contributed by atoms with Gasteiger partial charge in [0.1, 0.15) is 5.50 Å². The van der Waals surface area contributed by atoms with E-state index in [1.54, 1.807) is 0 Å². The average molecular weight is 258 g/mol. The van der Waals surface area contributed by atoms with Crippen LogP contribution in [0.3, 0.4) is 0 Å². The minimum absolute atomic E-state index is 0.256. The molecule has 1 aliphatic rings. The van der Waals surface area contributed by atoms with Crippen molar-refractivity contribution in [1.29, 1.82) is 0 Å². The van der Waals surface area contributed by atoms with Gasteiger partial charge in [-0.25, -0.2) is 0 Å². The first kappa shape index (κ1) is 15.3. The lowest BCUT2D eigenvalue weighted by atomic mass is 10.1. The van der Waals surface area contributed by atoms with Gasteiger partial charge in [0.05, 0.1) is 0 Å². The van der Waals surface area contributed by atoms with E-state index in [0.29, 0.717) is 0 Å². The summed E-state index contributed by atoms with van der Waals surface area (Å²) in [5.41, 5.74) is 6.46. The Morgan fingerprint density at radius 3 is 2.35 bits per heavy atom. The number of rotatable bonds is 9. The van der Waals surface area contributed by atoms with Crippen LogP contribution in [-0.4, -0.2) is 29.2 Å². The molecule has 1 unspecified atom stereocenters. The van der Waals surface area contributed by atoms with Crippen LogP contribution in [-0.2, 0) is 0 Å². The van der Waals surface area contributed by atoms with E-state index in [2.05, 4.69) is 11.8 Å². The lowest BCUT2D eigenvalue weighted by Gasteiger charge is -2.31. The standard InChI is InChI=1S/C14H30N2S/c1-2-3-4-5-6-10-13-17-14(15)16-11-8-7-9-12-16/h14H,2-13,15H2,1H3. The van der Waals surface area contributed by atoms with Crippen molar-refractivity contribution in [1.82, 2.24) is 4.90 Å². The number of piperidine rings is 1. The van der Waals surface area contributed by atoms with Crippen molar-refractivity contribution in [2.75, 3.05) is 18.8 Å². The third-order valence-corrected chi connectivity index (χ3v) is 4.70. The third-order valence-electron chi connectivity index (χ3n) is 3.54. The molecule has 0 aromatic carbocycles. The second kappa shape index (κ2) is 10.2. The average Bonchev–Trinajstić information content (AvgIpc) is 2.38. The maximum Gasteiger partial charge on any atom is 0.105 e. The molecule has 2 N–H and O–H groups in total. The van der Waals surface area contributed by atoms with Gasteiger partial charge in [-0.05, 0) is 25.0 Å². The van der Waals surface area contributed by atoms with Gasteiger partial charge in [0.15, 0.2) is 0 Å². The van der Waals surface area contributed by atoms with E-state index in [1.165, 1.54) is 76.6 Å². The van der Waals surface area contributed by atoms with E-state index >= 15 is 0 Å². The molecular weight excluding hydrogens is 228 g/mol. The molecule has 1 atom stereocenters. The summed E-state index contributed by atoms with van der Waals surface area (Å²) in [6, 6.07) is 0. The van der Waals surface area contributed by atoms with E-state index in [0.717, 1.165) is 0 Å². The molecule has 1 rings (SSSR count). The molecule has 0 aromatic heterocycles. The van der Waals surface area contributed by atoms with E-state index < -0.39 is 0 Å².